The van der Waals surface area contributed by atoms with Crippen LogP contribution in [0.25, 0.3) is 5.57 Å². The zero-order valence-corrected chi connectivity index (χ0v) is 13.8. The maximum absolute atomic E-state index is 13.0. The van der Waals surface area contributed by atoms with E-state index in [-0.39, 0.29) is 11.7 Å². The Bertz CT molecular complexity index is 936. The Morgan fingerprint density at radius 1 is 1.12 bits per heavy atom. The van der Waals surface area contributed by atoms with Crippen molar-refractivity contribution in [2.75, 3.05) is 11.9 Å². The van der Waals surface area contributed by atoms with E-state index in [0.717, 1.165) is 22.5 Å². The second-order valence-electron chi connectivity index (χ2n) is 6.00. The molecule has 1 aliphatic heterocycles. The zero-order chi connectivity index (χ0) is 17.4. The van der Waals surface area contributed by atoms with Crippen LogP contribution in [0.4, 0.5) is 5.69 Å². The van der Waals surface area contributed by atoms with Crippen molar-refractivity contribution in [1.29, 1.82) is 0 Å². The molecule has 0 aromatic heterocycles. The van der Waals surface area contributed by atoms with Crippen LogP contribution in [0.2, 0.25) is 0 Å². The maximum atomic E-state index is 13.0. The number of hydrogen-bond donors (Lipinski definition) is 1. The van der Waals surface area contributed by atoms with Crippen molar-refractivity contribution in [2.45, 2.75) is 6.42 Å². The number of likely N-dealkylation sites (N-methyl/N-ethyl adjacent to an activating group) is 1. The van der Waals surface area contributed by atoms with Gasteiger partial charge in [0.15, 0.2) is 0 Å². The molecular weight excluding hydrogens is 314 g/mol. The van der Waals surface area contributed by atoms with Gasteiger partial charge in [-0.15, -0.1) is 0 Å². The number of rotatable bonds is 2. The molecule has 2 aromatic carbocycles. The van der Waals surface area contributed by atoms with Gasteiger partial charge in [-0.1, -0.05) is 30.4 Å². The van der Waals surface area contributed by atoms with E-state index in [2.05, 4.69) is 4.90 Å². The molecule has 1 N–H and O–H groups in total. The minimum absolute atomic E-state index is 0.133. The van der Waals surface area contributed by atoms with Gasteiger partial charge in [-0.2, -0.15) is 0 Å². The lowest BCUT2D eigenvalue weighted by Gasteiger charge is -2.34. The van der Waals surface area contributed by atoms with E-state index in [4.69, 9.17) is 4.74 Å². The second-order valence-corrected chi connectivity index (χ2v) is 6.00. The van der Waals surface area contributed by atoms with E-state index in [0.29, 0.717) is 17.7 Å². The summed E-state index contributed by atoms with van der Waals surface area (Å²) in [6.45, 7) is 0. The third-order valence-electron chi connectivity index (χ3n) is 4.47. The number of benzene rings is 2. The Hall–Kier alpha value is -3.27. The summed E-state index contributed by atoms with van der Waals surface area (Å²) in [4.78, 5) is 15.1. The van der Waals surface area contributed by atoms with Crippen molar-refractivity contribution < 1.29 is 14.6 Å². The first-order valence-electron chi connectivity index (χ1n) is 8.10. The molecule has 0 spiro atoms. The van der Waals surface area contributed by atoms with E-state index in [1.165, 1.54) is 12.1 Å². The first-order valence-corrected chi connectivity index (χ1v) is 8.10. The molecule has 1 aliphatic carbocycles. The fourth-order valence-electron chi connectivity index (χ4n) is 3.27. The Morgan fingerprint density at radius 2 is 1.88 bits per heavy atom. The molecule has 4 nitrogen and oxygen atoms in total. The average molecular weight is 331 g/mol. The topological polar surface area (TPSA) is 49.8 Å². The van der Waals surface area contributed by atoms with E-state index < -0.39 is 0 Å². The normalized spacial score (nSPS) is 15.4. The summed E-state index contributed by atoms with van der Waals surface area (Å²) in [7, 11) is 2.01. The number of para-hydroxylation sites is 1. The first-order chi connectivity index (χ1) is 12.1. The highest BCUT2D eigenvalue weighted by Gasteiger charge is 2.31. The lowest BCUT2D eigenvalue weighted by Crippen LogP contribution is -2.27. The summed E-state index contributed by atoms with van der Waals surface area (Å²) in [6, 6.07) is 14.0. The molecule has 2 aromatic rings. The maximum Gasteiger partial charge on any atom is 0.344 e. The molecule has 0 amide bonds. The van der Waals surface area contributed by atoms with Gasteiger partial charge < -0.3 is 14.7 Å². The molecule has 0 bridgehead atoms. The smallest absolute Gasteiger partial charge is 0.344 e. The summed E-state index contributed by atoms with van der Waals surface area (Å²) in [5.74, 6) is 0.153. The quantitative estimate of drug-likeness (QED) is 0.666. The van der Waals surface area contributed by atoms with Crippen LogP contribution in [-0.4, -0.2) is 18.1 Å². The molecule has 1 heterocycles. The molecule has 4 heteroatoms. The zero-order valence-electron chi connectivity index (χ0n) is 13.8. The van der Waals surface area contributed by atoms with Crippen LogP contribution in [0, 0.1) is 0 Å². The highest BCUT2D eigenvalue weighted by Crippen LogP contribution is 2.42. The number of hydrogen-bond acceptors (Lipinski definition) is 4. The van der Waals surface area contributed by atoms with Gasteiger partial charge in [-0.3, -0.25) is 0 Å². The van der Waals surface area contributed by atoms with E-state index >= 15 is 0 Å². The highest BCUT2D eigenvalue weighted by atomic mass is 16.5. The number of phenolic OH excluding ortho intramolecular Hbond substituents is 1. The average Bonchev–Trinajstić information content (AvgIpc) is 2.64. The number of aromatic hydroxyl groups is 1. The molecular formula is C21H17NO3. The molecule has 2 aliphatic rings. The molecule has 0 saturated heterocycles. The molecule has 4 rings (SSSR count). The SMILES string of the molecule is CN1C2=CC=CCC2=C(C(=O)Oc2ccc(O)cc2)c2ccccc21. The van der Waals surface area contributed by atoms with Crippen LogP contribution in [0.3, 0.4) is 0 Å². The van der Waals surface area contributed by atoms with Crippen molar-refractivity contribution in [3.05, 3.63) is 83.6 Å². The number of anilines is 1. The van der Waals surface area contributed by atoms with Crippen LogP contribution >= 0.6 is 0 Å². The van der Waals surface area contributed by atoms with Gasteiger partial charge in [-0.05, 0) is 48.4 Å². The number of ether oxygens (including phenoxy) is 1. The lowest BCUT2D eigenvalue weighted by atomic mass is 9.87. The van der Waals surface area contributed by atoms with Crippen molar-refractivity contribution in [1.82, 2.24) is 0 Å². The van der Waals surface area contributed by atoms with Gasteiger partial charge in [0.1, 0.15) is 11.5 Å². The first kappa shape index (κ1) is 15.3. The second kappa shape index (κ2) is 5.98. The predicted octanol–water partition coefficient (Wildman–Crippen LogP) is 4.05. The van der Waals surface area contributed by atoms with Crippen LogP contribution in [-0.2, 0) is 4.79 Å². The minimum Gasteiger partial charge on any atom is -0.508 e. The van der Waals surface area contributed by atoms with Crippen molar-refractivity contribution in [3.8, 4) is 11.5 Å². The van der Waals surface area contributed by atoms with Crippen molar-refractivity contribution >= 4 is 17.2 Å². The van der Waals surface area contributed by atoms with E-state index in [9.17, 15) is 9.90 Å². The van der Waals surface area contributed by atoms with Gasteiger partial charge in [0.05, 0.1) is 5.57 Å². The van der Waals surface area contributed by atoms with Gasteiger partial charge in [0.25, 0.3) is 0 Å². The number of carbonyl (C=O) groups excluding carboxylic acids is 1. The summed E-state index contributed by atoms with van der Waals surface area (Å²) in [6.07, 6.45) is 6.74. The molecule has 25 heavy (non-hydrogen) atoms. The van der Waals surface area contributed by atoms with Gasteiger partial charge in [0.2, 0.25) is 0 Å². The third-order valence-corrected chi connectivity index (χ3v) is 4.47. The fraction of sp³-hybridized carbons (Fsp3) is 0.0952. The molecule has 124 valence electrons. The third kappa shape index (κ3) is 2.62. The van der Waals surface area contributed by atoms with Crippen molar-refractivity contribution in [2.24, 2.45) is 0 Å². The van der Waals surface area contributed by atoms with E-state index in [1.807, 2.05) is 49.5 Å². The number of fused-ring (bicyclic) bond motifs is 2. The van der Waals surface area contributed by atoms with Crippen LogP contribution < -0.4 is 9.64 Å². The molecule has 0 saturated carbocycles. The Morgan fingerprint density at radius 3 is 2.68 bits per heavy atom. The number of esters is 1. The summed E-state index contributed by atoms with van der Waals surface area (Å²) in [5.41, 5.74) is 4.42. The molecule has 0 fully saturated rings. The van der Waals surface area contributed by atoms with Crippen molar-refractivity contribution in [3.63, 3.8) is 0 Å². The monoisotopic (exact) mass is 331 g/mol. The standard InChI is InChI=1S/C21H17NO3/c1-22-18-8-4-2-6-16(18)20(17-7-3-5-9-19(17)22)21(24)25-15-12-10-14(23)11-13-15/h2-6,8-13,23H,7H2,1H3. The Balaban J connectivity index is 1.80. The number of phenols is 1. The molecule has 0 radical (unpaired) electrons. The minimum atomic E-state index is -0.387. The summed E-state index contributed by atoms with van der Waals surface area (Å²) in [5, 5.41) is 9.38. The van der Waals surface area contributed by atoms with Gasteiger partial charge >= 0.3 is 5.97 Å². The Labute approximate surface area is 146 Å². The van der Waals surface area contributed by atoms with Crippen LogP contribution in [0.5, 0.6) is 11.5 Å². The largest absolute Gasteiger partial charge is 0.508 e. The predicted molar refractivity (Wildman–Crippen MR) is 97.3 cm³/mol. The highest BCUT2D eigenvalue weighted by molar-refractivity contribution is 6.22. The summed E-state index contributed by atoms with van der Waals surface area (Å²) < 4.78 is 5.57. The summed E-state index contributed by atoms with van der Waals surface area (Å²) >= 11 is 0. The number of nitrogens with zero attached hydrogens (tertiary/aromatic N) is 1. The lowest BCUT2D eigenvalue weighted by molar-refractivity contribution is -0.128. The molecule has 0 atom stereocenters. The molecule has 0 unspecified atom stereocenters. The fourth-order valence-corrected chi connectivity index (χ4v) is 3.27. The van der Waals surface area contributed by atoms with Crippen LogP contribution in [0.1, 0.15) is 12.0 Å². The number of carbonyl (C=O) groups is 1. The Kier molecular flexibility index (Phi) is 3.65. The number of allylic oxidation sites excluding steroid dienone is 4. The van der Waals surface area contributed by atoms with E-state index in [1.54, 1.807) is 12.1 Å². The van der Waals surface area contributed by atoms with Gasteiger partial charge in [-0.25, -0.2) is 4.79 Å². The van der Waals surface area contributed by atoms with Crippen LogP contribution in [0.15, 0.2) is 78.0 Å². The van der Waals surface area contributed by atoms with Gasteiger partial charge in [0, 0.05) is 24.0 Å².